The average Bonchev–Trinajstić information content (AvgIpc) is 3.12. The highest BCUT2D eigenvalue weighted by atomic mass is 32.1. The second kappa shape index (κ2) is 8.40. The maximum Gasteiger partial charge on any atom is 0.225 e. The molecule has 4 N–H and O–H groups in total. The van der Waals surface area contributed by atoms with E-state index in [1.807, 2.05) is 36.4 Å². The van der Waals surface area contributed by atoms with Crippen LogP contribution in [0, 0.1) is 17.2 Å². The number of benzene rings is 2. The fraction of sp³-hybridized carbons (Fsp3) is 0.318. The first-order chi connectivity index (χ1) is 14.5. The van der Waals surface area contributed by atoms with Crippen LogP contribution in [0.5, 0.6) is 0 Å². The van der Waals surface area contributed by atoms with Gasteiger partial charge in [0.2, 0.25) is 5.91 Å². The van der Waals surface area contributed by atoms with Crippen LogP contribution in [0.3, 0.4) is 0 Å². The van der Waals surface area contributed by atoms with Crippen LogP contribution in [0.4, 0.5) is 5.69 Å². The smallest absolute Gasteiger partial charge is 0.225 e. The van der Waals surface area contributed by atoms with Gasteiger partial charge in [-0.2, -0.15) is 5.26 Å². The number of anilines is 1. The lowest BCUT2D eigenvalue weighted by Crippen LogP contribution is -2.60. The van der Waals surface area contributed by atoms with E-state index in [1.54, 1.807) is 23.1 Å². The molecule has 30 heavy (non-hydrogen) atoms. The van der Waals surface area contributed by atoms with Crippen LogP contribution in [0.2, 0.25) is 0 Å². The molecule has 7 nitrogen and oxygen atoms in total. The van der Waals surface area contributed by atoms with Crippen molar-refractivity contribution in [2.24, 2.45) is 5.92 Å². The number of nitrogens with one attached hydrogen (secondary N) is 2. The summed E-state index contributed by atoms with van der Waals surface area (Å²) in [4.78, 5) is 14.9. The zero-order valence-electron chi connectivity index (χ0n) is 16.1. The van der Waals surface area contributed by atoms with E-state index < -0.39 is 30.2 Å². The van der Waals surface area contributed by atoms with Crippen molar-refractivity contribution >= 4 is 28.9 Å². The lowest BCUT2D eigenvalue weighted by Gasteiger charge is -2.41. The molecule has 0 aromatic heterocycles. The number of nitrogens with zero attached hydrogens (tertiary/aromatic N) is 2. The molecule has 2 aliphatic rings. The van der Waals surface area contributed by atoms with Gasteiger partial charge in [0.05, 0.1) is 35.7 Å². The summed E-state index contributed by atoms with van der Waals surface area (Å²) in [7, 11) is 0. The van der Waals surface area contributed by atoms with Crippen molar-refractivity contribution in [2.75, 3.05) is 4.90 Å². The largest absolute Gasteiger partial charge is 0.390 e. The molecule has 1 saturated heterocycles. The Morgan fingerprint density at radius 1 is 1.23 bits per heavy atom. The third kappa shape index (κ3) is 3.75. The molecule has 1 heterocycles. The number of aliphatic hydroxyl groups is 2. The molecule has 8 heteroatoms. The molecule has 1 aliphatic carbocycles. The summed E-state index contributed by atoms with van der Waals surface area (Å²) in [6.45, 7) is 0.369. The minimum atomic E-state index is -1.06. The van der Waals surface area contributed by atoms with Crippen molar-refractivity contribution in [3.63, 3.8) is 0 Å². The first-order valence-corrected chi connectivity index (χ1v) is 10.2. The first kappa shape index (κ1) is 20.3. The van der Waals surface area contributed by atoms with Crippen molar-refractivity contribution in [1.29, 1.82) is 5.26 Å². The third-order valence-corrected chi connectivity index (χ3v) is 6.06. The first-order valence-electron chi connectivity index (χ1n) is 9.77. The standard InChI is InChI=1S/C22H22N4O3S/c23-11-14-7-4-8-15(9-14)26-19-16(10-17(27)20(28)18(19)25-22(26)30)21(29)24-12-13-5-2-1-3-6-13/h1-9,16-20,27-28H,10,12H2,(H,24,29)(H,25,30)/t16-,17+,18-,19+,20-/m0/s1. The topological polar surface area (TPSA) is 109 Å². The minimum Gasteiger partial charge on any atom is -0.390 e. The van der Waals surface area contributed by atoms with Gasteiger partial charge in [0, 0.05) is 12.2 Å². The molecule has 0 spiro atoms. The Kier molecular flexibility index (Phi) is 5.68. The molecule has 1 aliphatic heterocycles. The molecule has 0 bridgehead atoms. The molecule has 2 aromatic rings. The molecule has 2 fully saturated rings. The van der Waals surface area contributed by atoms with E-state index in [0.29, 0.717) is 22.9 Å². The maximum atomic E-state index is 13.1. The monoisotopic (exact) mass is 422 g/mol. The number of rotatable bonds is 4. The quantitative estimate of drug-likeness (QED) is 0.546. The van der Waals surface area contributed by atoms with Crippen molar-refractivity contribution in [2.45, 2.75) is 37.3 Å². The predicted octanol–water partition coefficient (Wildman–Crippen LogP) is 1.05. The normalized spacial score (nSPS) is 27.7. The van der Waals surface area contributed by atoms with E-state index in [-0.39, 0.29) is 12.3 Å². The summed E-state index contributed by atoms with van der Waals surface area (Å²) in [5, 5.41) is 36.5. The SMILES string of the molecule is N#Cc1cccc(N2C(=S)N[C@@H]3[C@@H](O)[C@H](O)C[C@H](C(=O)NCc4ccccc4)[C@H]32)c1. The summed E-state index contributed by atoms with van der Waals surface area (Å²) >= 11 is 5.50. The van der Waals surface area contributed by atoms with Gasteiger partial charge < -0.3 is 25.7 Å². The number of carbonyl (C=O) groups excluding carboxylic acids is 1. The summed E-state index contributed by atoms with van der Waals surface area (Å²) in [6.07, 6.45) is -1.99. The summed E-state index contributed by atoms with van der Waals surface area (Å²) in [6, 6.07) is 17.6. The van der Waals surface area contributed by atoms with Gasteiger partial charge in [0.1, 0.15) is 6.10 Å². The van der Waals surface area contributed by atoms with Gasteiger partial charge in [0.25, 0.3) is 0 Å². The third-order valence-electron chi connectivity index (χ3n) is 5.74. The fourth-order valence-electron chi connectivity index (χ4n) is 4.28. The number of hydrogen-bond donors (Lipinski definition) is 4. The number of carbonyl (C=O) groups is 1. The zero-order valence-corrected chi connectivity index (χ0v) is 16.9. The molecule has 1 saturated carbocycles. The van der Waals surface area contributed by atoms with E-state index in [4.69, 9.17) is 12.2 Å². The molecule has 154 valence electrons. The van der Waals surface area contributed by atoms with Crippen molar-refractivity contribution in [3.8, 4) is 6.07 Å². The average molecular weight is 423 g/mol. The van der Waals surface area contributed by atoms with Crippen LogP contribution in [-0.2, 0) is 11.3 Å². The van der Waals surface area contributed by atoms with Gasteiger partial charge >= 0.3 is 0 Å². The number of nitriles is 1. The molecule has 1 amide bonds. The Balaban J connectivity index is 1.62. The van der Waals surface area contributed by atoms with Crippen LogP contribution < -0.4 is 15.5 Å². The van der Waals surface area contributed by atoms with E-state index >= 15 is 0 Å². The Bertz CT molecular complexity index is 993. The van der Waals surface area contributed by atoms with Gasteiger partial charge in [-0.15, -0.1) is 0 Å². The van der Waals surface area contributed by atoms with Gasteiger partial charge in [-0.1, -0.05) is 36.4 Å². The minimum absolute atomic E-state index is 0.113. The second-order valence-electron chi connectivity index (χ2n) is 7.60. The van der Waals surface area contributed by atoms with E-state index in [0.717, 1.165) is 5.56 Å². The van der Waals surface area contributed by atoms with Crippen LogP contribution >= 0.6 is 12.2 Å². The predicted molar refractivity (Wildman–Crippen MR) is 115 cm³/mol. The Labute approximate surface area is 179 Å². The van der Waals surface area contributed by atoms with Crippen LogP contribution in [0.1, 0.15) is 17.5 Å². The lowest BCUT2D eigenvalue weighted by atomic mass is 9.77. The molecular formula is C22H22N4O3S. The molecule has 0 unspecified atom stereocenters. The number of fused-ring (bicyclic) bond motifs is 1. The highest BCUT2D eigenvalue weighted by Crippen LogP contribution is 2.37. The molecule has 0 radical (unpaired) electrons. The van der Waals surface area contributed by atoms with Crippen LogP contribution in [-0.4, -0.2) is 45.5 Å². The lowest BCUT2D eigenvalue weighted by molar-refractivity contribution is -0.131. The number of hydrogen-bond acceptors (Lipinski definition) is 5. The van der Waals surface area contributed by atoms with Crippen LogP contribution in [0.15, 0.2) is 54.6 Å². The van der Waals surface area contributed by atoms with Crippen molar-refractivity contribution in [1.82, 2.24) is 10.6 Å². The summed E-state index contributed by atoms with van der Waals surface area (Å²) in [5.74, 6) is -0.816. The van der Waals surface area contributed by atoms with Gasteiger partial charge in [0.15, 0.2) is 5.11 Å². The van der Waals surface area contributed by atoms with Crippen LogP contribution in [0.25, 0.3) is 0 Å². The summed E-state index contributed by atoms with van der Waals surface area (Å²) < 4.78 is 0. The molecule has 2 aromatic carbocycles. The molecule has 5 atom stereocenters. The number of aliphatic hydroxyl groups excluding tert-OH is 2. The van der Waals surface area contributed by atoms with E-state index in [2.05, 4.69) is 16.7 Å². The number of amides is 1. The molecular weight excluding hydrogens is 400 g/mol. The van der Waals surface area contributed by atoms with Gasteiger partial charge in [-0.25, -0.2) is 0 Å². The van der Waals surface area contributed by atoms with Crippen molar-refractivity contribution < 1.29 is 15.0 Å². The summed E-state index contributed by atoms with van der Waals surface area (Å²) in [5.41, 5.74) is 2.11. The Morgan fingerprint density at radius 2 is 2.00 bits per heavy atom. The molecule has 4 rings (SSSR count). The highest BCUT2D eigenvalue weighted by Gasteiger charge is 2.53. The van der Waals surface area contributed by atoms with E-state index in [1.165, 1.54) is 0 Å². The van der Waals surface area contributed by atoms with Crippen molar-refractivity contribution in [3.05, 3.63) is 65.7 Å². The van der Waals surface area contributed by atoms with E-state index in [9.17, 15) is 20.3 Å². The van der Waals surface area contributed by atoms with Gasteiger partial charge in [-0.3, -0.25) is 4.79 Å². The Hall–Kier alpha value is -2.99. The Morgan fingerprint density at radius 3 is 2.73 bits per heavy atom. The zero-order chi connectivity index (χ0) is 21.3. The second-order valence-corrected chi connectivity index (χ2v) is 7.99. The van der Waals surface area contributed by atoms with Gasteiger partial charge in [-0.05, 0) is 42.4 Å². The maximum absolute atomic E-state index is 13.1. The number of thiocarbonyl (C=S) groups is 1. The highest BCUT2D eigenvalue weighted by molar-refractivity contribution is 7.80. The fourth-order valence-corrected chi connectivity index (χ4v) is 4.65.